The van der Waals surface area contributed by atoms with E-state index in [0.29, 0.717) is 0 Å². The lowest BCUT2D eigenvalue weighted by Gasteiger charge is -2.11. The minimum Gasteiger partial charge on any atom is -0.146 e. The molecule has 5 heteroatoms. The Morgan fingerprint density at radius 2 is 1.33 bits per heavy atom. The molecule has 0 aliphatic rings. The molecule has 0 aromatic rings. The topological polar surface area (TPSA) is 0 Å². The Balaban J connectivity index is 3.43. The Morgan fingerprint density at radius 1 is 1.00 bits per heavy atom. The molecule has 0 N–H and O–H groups in total. The van der Waals surface area contributed by atoms with Gasteiger partial charge in [0.05, 0.1) is 0 Å². The van der Waals surface area contributed by atoms with Crippen molar-refractivity contribution in [3.05, 3.63) is 0 Å². The standard InChI is InChI=1S/C4H8Br2Cl2Si/c5-1-3-9(7,8)4-2-6/h1-4H2. The molecule has 0 aliphatic carbocycles. The minimum absolute atomic E-state index is 0.916. The Bertz CT molecular complexity index is 71.0. The van der Waals surface area contributed by atoms with Gasteiger partial charge in [-0.2, -0.15) is 0 Å². The van der Waals surface area contributed by atoms with Crippen molar-refractivity contribution in [3.8, 4) is 0 Å². The van der Waals surface area contributed by atoms with E-state index < -0.39 is 6.69 Å². The van der Waals surface area contributed by atoms with Crippen molar-refractivity contribution in [1.29, 1.82) is 0 Å². The third-order valence-electron chi connectivity index (χ3n) is 0.921. The quantitative estimate of drug-likeness (QED) is 0.422. The van der Waals surface area contributed by atoms with Gasteiger partial charge in [0.2, 0.25) is 0 Å². The summed E-state index contributed by atoms with van der Waals surface area (Å²) in [6, 6.07) is 1.86. The van der Waals surface area contributed by atoms with Gasteiger partial charge in [-0.3, -0.25) is 0 Å². The molecule has 0 saturated heterocycles. The SMILES string of the molecule is Cl[Si](Cl)(CCBr)CCBr. The number of hydrogen-bond acceptors (Lipinski definition) is 0. The number of alkyl halides is 2. The summed E-state index contributed by atoms with van der Waals surface area (Å²) in [5.74, 6) is 0. The van der Waals surface area contributed by atoms with E-state index >= 15 is 0 Å². The first-order valence-electron chi connectivity index (χ1n) is 2.62. The summed E-state index contributed by atoms with van der Waals surface area (Å²) in [6.45, 7) is -1.85. The van der Waals surface area contributed by atoms with Crippen molar-refractivity contribution in [2.45, 2.75) is 12.1 Å². The maximum Gasteiger partial charge on any atom is 0.253 e. The van der Waals surface area contributed by atoms with Crippen LogP contribution in [0.5, 0.6) is 0 Å². The van der Waals surface area contributed by atoms with E-state index in [0.717, 1.165) is 22.7 Å². The Kier molecular flexibility index (Phi) is 6.47. The molecule has 0 spiro atoms. The predicted molar refractivity (Wildman–Crippen MR) is 54.7 cm³/mol. The van der Waals surface area contributed by atoms with Gasteiger partial charge in [-0.15, -0.1) is 22.2 Å². The molecule has 0 bridgehead atoms. The number of halogens is 4. The van der Waals surface area contributed by atoms with Crippen LogP contribution in [-0.4, -0.2) is 17.4 Å². The highest BCUT2D eigenvalue weighted by atomic mass is 79.9. The van der Waals surface area contributed by atoms with Gasteiger partial charge in [0.15, 0.2) is 0 Å². The van der Waals surface area contributed by atoms with Gasteiger partial charge in [0.1, 0.15) is 0 Å². The van der Waals surface area contributed by atoms with E-state index in [1.54, 1.807) is 0 Å². The van der Waals surface area contributed by atoms with Crippen LogP contribution in [0.25, 0.3) is 0 Å². The summed E-state index contributed by atoms with van der Waals surface area (Å²) < 4.78 is 0. The molecule has 0 fully saturated rings. The van der Waals surface area contributed by atoms with Gasteiger partial charge in [-0.05, 0) is 12.1 Å². The van der Waals surface area contributed by atoms with Gasteiger partial charge < -0.3 is 0 Å². The third-order valence-corrected chi connectivity index (χ3v) is 7.41. The molecular formula is C4H8Br2Cl2Si. The third kappa shape index (κ3) is 6.17. The molecule has 56 valence electrons. The van der Waals surface area contributed by atoms with Gasteiger partial charge in [0, 0.05) is 10.7 Å². The van der Waals surface area contributed by atoms with E-state index in [2.05, 4.69) is 31.9 Å². The largest absolute Gasteiger partial charge is 0.253 e. The summed E-state index contributed by atoms with van der Waals surface area (Å²) in [5, 5.41) is 1.83. The predicted octanol–water partition coefficient (Wildman–Crippen LogP) is 3.70. The highest BCUT2D eigenvalue weighted by molar-refractivity contribution is 9.09. The van der Waals surface area contributed by atoms with Gasteiger partial charge in [-0.25, -0.2) is 0 Å². The number of hydrogen-bond donors (Lipinski definition) is 0. The van der Waals surface area contributed by atoms with E-state index in [-0.39, 0.29) is 0 Å². The van der Waals surface area contributed by atoms with Crippen LogP contribution in [0, 0.1) is 0 Å². The maximum absolute atomic E-state index is 5.98. The van der Waals surface area contributed by atoms with Crippen LogP contribution in [0.2, 0.25) is 12.1 Å². The first-order chi connectivity index (χ1) is 4.12. The fourth-order valence-electron chi connectivity index (χ4n) is 0.401. The molecule has 0 rings (SSSR count). The van der Waals surface area contributed by atoms with E-state index in [9.17, 15) is 0 Å². The van der Waals surface area contributed by atoms with E-state index in [1.165, 1.54) is 0 Å². The van der Waals surface area contributed by atoms with Crippen LogP contribution in [0.4, 0.5) is 0 Å². The zero-order valence-corrected chi connectivity index (χ0v) is 10.5. The summed E-state index contributed by atoms with van der Waals surface area (Å²) >= 11 is 18.6. The van der Waals surface area contributed by atoms with Gasteiger partial charge >= 0.3 is 0 Å². The Labute approximate surface area is 83.0 Å². The molecule has 9 heavy (non-hydrogen) atoms. The normalized spacial score (nSPS) is 12.0. The molecule has 0 aromatic heterocycles. The lowest BCUT2D eigenvalue weighted by Crippen LogP contribution is -2.19. The van der Waals surface area contributed by atoms with Crippen molar-refractivity contribution in [2.75, 3.05) is 10.7 Å². The first kappa shape index (κ1) is 10.8. The Morgan fingerprint density at radius 3 is 1.56 bits per heavy atom. The van der Waals surface area contributed by atoms with Crippen molar-refractivity contribution in [3.63, 3.8) is 0 Å². The second kappa shape index (κ2) is 5.41. The molecule has 0 heterocycles. The molecule has 0 saturated carbocycles. The fraction of sp³-hybridized carbons (Fsp3) is 1.00. The number of rotatable bonds is 4. The van der Waals surface area contributed by atoms with Crippen molar-refractivity contribution in [2.24, 2.45) is 0 Å². The van der Waals surface area contributed by atoms with Crippen molar-refractivity contribution < 1.29 is 0 Å². The van der Waals surface area contributed by atoms with Crippen LogP contribution < -0.4 is 0 Å². The fourth-order valence-corrected chi connectivity index (χ4v) is 9.14. The molecule has 0 amide bonds. The maximum atomic E-state index is 5.98. The van der Waals surface area contributed by atoms with Gasteiger partial charge in [0.25, 0.3) is 6.69 Å². The molecule has 0 aromatic carbocycles. The summed E-state index contributed by atoms with van der Waals surface area (Å²) in [7, 11) is 0. The van der Waals surface area contributed by atoms with Crippen LogP contribution >= 0.6 is 54.0 Å². The zero-order chi connectivity index (χ0) is 7.33. The summed E-state index contributed by atoms with van der Waals surface area (Å²) in [6.07, 6.45) is 0. The molecule has 0 unspecified atom stereocenters. The minimum atomic E-state index is -1.85. The average Bonchev–Trinajstić information content (AvgIpc) is 1.64. The van der Waals surface area contributed by atoms with Crippen LogP contribution in [0.15, 0.2) is 0 Å². The van der Waals surface area contributed by atoms with E-state index in [4.69, 9.17) is 22.2 Å². The van der Waals surface area contributed by atoms with Crippen molar-refractivity contribution in [1.82, 2.24) is 0 Å². The molecule has 0 atom stereocenters. The van der Waals surface area contributed by atoms with Crippen LogP contribution in [0.1, 0.15) is 0 Å². The highest BCUT2D eigenvalue weighted by Crippen LogP contribution is 2.26. The molecule has 0 radical (unpaired) electrons. The average molecular weight is 315 g/mol. The lowest BCUT2D eigenvalue weighted by atomic mass is 10.9. The van der Waals surface area contributed by atoms with Gasteiger partial charge in [-0.1, -0.05) is 31.9 Å². The Hall–Kier alpha value is 1.76. The second-order valence-corrected chi connectivity index (χ2v) is 11.0. The van der Waals surface area contributed by atoms with E-state index in [1.807, 2.05) is 0 Å². The molecular weight excluding hydrogens is 307 g/mol. The second-order valence-electron chi connectivity index (χ2n) is 1.73. The van der Waals surface area contributed by atoms with Crippen molar-refractivity contribution >= 4 is 60.7 Å². The summed E-state index contributed by atoms with van der Waals surface area (Å²) in [4.78, 5) is 0. The molecule has 0 aliphatic heterocycles. The summed E-state index contributed by atoms with van der Waals surface area (Å²) in [5.41, 5.74) is 0. The van der Waals surface area contributed by atoms with Crippen LogP contribution in [-0.2, 0) is 0 Å². The zero-order valence-electron chi connectivity index (χ0n) is 4.84. The monoisotopic (exact) mass is 312 g/mol. The highest BCUT2D eigenvalue weighted by Gasteiger charge is 2.25. The smallest absolute Gasteiger partial charge is 0.146 e. The first-order valence-corrected chi connectivity index (χ1v) is 9.30. The van der Waals surface area contributed by atoms with Crippen LogP contribution in [0.3, 0.4) is 0 Å². The lowest BCUT2D eigenvalue weighted by molar-refractivity contribution is 1.38. The molecule has 0 nitrogen and oxygen atoms in total.